The number of rotatable bonds is 4. The number of halogens is 3. The van der Waals surface area contributed by atoms with Gasteiger partial charge in [-0.3, -0.25) is 4.98 Å². The number of anilines is 2. The first-order chi connectivity index (χ1) is 10.7. The van der Waals surface area contributed by atoms with Gasteiger partial charge in [-0.2, -0.15) is 0 Å². The second-order valence-corrected chi connectivity index (χ2v) is 5.09. The van der Waals surface area contributed by atoms with E-state index in [1.807, 2.05) is 0 Å². The molecule has 5 nitrogen and oxygen atoms in total. The van der Waals surface area contributed by atoms with Crippen LogP contribution in [0.15, 0.2) is 30.6 Å². The molecule has 2 N–H and O–H groups in total. The van der Waals surface area contributed by atoms with Gasteiger partial charge in [-0.05, 0) is 18.2 Å². The summed E-state index contributed by atoms with van der Waals surface area (Å²) in [5.74, 6) is 0.421. The summed E-state index contributed by atoms with van der Waals surface area (Å²) < 4.78 is 26.7. The Labute approximate surface area is 139 Å². The highest BCUT2D eigenvalue weighted by molar-refractivity contribution is 5.85. The Kier molecular flexibility index (Phi) is 6.06. The Bertz CT molecular complexity index is 650. The molecule has 124 valence electrons. The quantitative estimate of drug-likeness (QED) is 0.893. The van der Waals surface area contributed by atoms with Gasteiger partial charge in [0.1, 0.15) is 23.3 Å². The zero-order chi connectivity index (χ0) is 15.4. The van der Waals surface area contributed by atoms with Gasteiger partial charge in [-0.1, -0.05) is 0 Å². The van der Waals surface area contributed by atoms with E-state index >= 15 is 0 Å². The summed E-state index contributed by atoms with van der Waals surface area (Å²) >= 11 is 0. The first kappa shape index (κ1) is 17.4. The molecule has 8 heteroatoms. The predicted octanol–water partition coefficient (Wildman–Crippen LogP) is 2.20. The fraction of sp³-hybridized carbons (Fsp3) is 0.333. The summed E-state index contributed by atoms with van der Waals surface area (Å²) in [6, 6.07) is 3.40. The molecule has 0 unspecified atom stereocenters. The molecular weight excluding hydrogens is 324 g/mol. The Hall–Kier alpha value is -1.99. The number of piperazine rings is 1. The minimum atomic E-state index is -0.459. The molecule has 0 radical (unpaired) electrons. The number of nitrogens with zero attached hydrogens (tertiary/aromatic N) is 3. The van der Waals surface area contributed by atoms with E-state index in [-0.39, 0.29) is 24.5 Å². The lowest BCUT2D eigenvalue weighted by molar-refractivity contribution is 0.584. The Morgan fingerprint density at radius 2 is 1.96 bits per heavy atom. The summed E-state index contributed by atoms with van der Waals surface area (Å²) in [5.41, 5.74) is 0.259. The minimum absolute atomic E-state index is 0. The van der Waals surface area contributed by atoms with Crippen molar-refractivity contribution < 1.29 is 8.78 Å². The molecule has 0 bridgehead atoms. The fourth-order valence-electron chi connectivity index (χ4n) is 2.35. The molecular formula is C15H18ClF2N5. The van der Waals surface area contributed by atoms with Crippen LogP contribution < -0.4 is 15.5 Å². The van der Waals surface area contributed by atoms with Crippen molar-refractivity contribution in [3.8, 4) is 0 Å². The molecule has 2 heterocycles. The van der Waals surface area contributed by atoms with Crippen molar-refractivity contribution in [2.45, 2.75) is 6.54 Å². The topological polar surface area (TPSA) is 53.1 Å². The van der Waals surface area contributed by atoms with Gasteiger partial charge in [-0.25, -0.2) is 13.8 Å². The maximum atomic E-state index is 13.6. The summed E-state index contributed by atoms with van der Waals surface area (Å²) in [6.45, 7) is 3.72. The van der Waals surface area contributed by atoms with Crippen LogP contribution in [0, 0.1) is 11.6 Å². The number of nitrogens with one attached hydrogen (secondary N) is 2. The van der Waals surface area contributed by atoms with Crippen LogP contribution in [0.2, 0.25) is 0 Å². The van der Waals surface area contributed by atoms with E-state index in [0.29, 0.717) is 5.82 Å². The smallest absolute Gasteiger partial charge is 0.149 e. The average Bonchev–Trinajstić information content (AvgIpc) is 2.57. The van der Waals surface area contributed by atoms with Crippen molar-refractivity contribution in [3.05, 3.63) is 47.8 Å². The van der Waals surface area contributed by atoms with Gasteiger partial charge in [0.15, 0.2) is 0 Å². The van der Waals surface area contributed by atoms with E-state index in [1.54, 1.807) is 12.4 Å². The number of hydrogen-bond acceptors (Lipinski definition) is 5. The standard InChI is InChI=1S/C15H17F2N5.ClH/c16-12-1-2-13(17)11(7-12)8-20-14-9-19-10-15(21-14)22-5-3-18-4-6-22;/h1-2,7,9-10,18H,3-6,8H2,(H,20,21);1H. The van der Waals surface area contributed by atoms with Crippen LogP contribution in [0.5, 0.6) is 0 Å². The molecule has 1 aromatic carbocycles. The normalized spacial score (nSPS) is 14.3. The zero-order valence-corrected chi connectivity index (χ0v) is 13.2. The summed E-state index contributed by atoms with van der Waals surface area (Å²) in [6.07, 6.45) is 3.28. The molecule has 1 aliphatic heterocycles. The van der Waals surface area contributed by atoms with Crippen LogP contribution in [0.3, 0.4) is 0 Å². The summed E-state index contributed by atoms with van der Waals surface area (Å²) in [4.78, 5) is 10.8. The second-order valence-electron chi connectivity index (χ2n) is 5.09. The second kappa shape index (κ2) is 8.03. The Morgan fingerprint density at radius 1 is 1.17 bits per heavy atom. The van der Waals surface area contributed by atoms with Gasteiger partial charge in [0.2, 0.25) is 0 Å². The largest absolute Gasteiger partial charge is 0.365 e. The first-order valence-electron chi connectivity index (χ1n) is 7.18. The third kappa shape index (κ3) is 4.49. The van der Waals surface area contributed by atoms with Crippen molar-refractivity contribution in [1.82, 2.24) is 15.3 Å². The molecule has 1 saturated heterocycles. The van der Waals surface area contributed by atoms with Gasteiger partial charge in [0.25, 0.3) is 0 Å². The van der Waals surface area contributed by atoms with Gasteiger partial charge >= 0.3 is 0 Å². The number of hydrogen-bond donors (Lipinski definition) is 2. The van der Waals surface area contributed by atoms with Crippen LogP contribution in [0.4, 0.5) is 20.4 Å². The molecule has 0 amide bonds. The molecule has 0 atom stereocenters. The van der Waals surface area contributed by atoms with Crippen molar-refractivity contribution >= 4 is 24.0 Å². The highest BCUT2D eigenvalue weighted by Gasteiger charge is 2.12. The lowest BCUT2D eigenvalue weighted by atomic mass is 10.2. The number of aromatic nitrogens is 2. The highest BCUT2D eigenvalue weighted by Crippen LogP contribution is 2.15. The minimum Gasteiger partial charge on any atom is -0.365 e. The Balaban J connectivity index is 0.00000192. The van der Waals surface area contributed by atoms with E-state index in [9.17, 15) is 8.78 Å². The third-order valence-electron chi connectivity index (χ3n) is 3.53. The van der Waals surface area contributed by atoms with Crippen LogP contribution in [0.25, 0.3) is 0 Å². The molecule has 0 aliphatic carbocycles. The van der Waals surface area contributed by atoms with Crippen LogP contribution >= 0.6 is 12.4 Å². The fourth-order valence-corrected chi connectivity index (χ4v) is 2.35. The molecule has 1 aromatic heterocycles. The molecule has 0 saturated carbocycles. The monoisotopic (exact) mass is 341 g/mol. The Morgan fingerprint density at radius 3 is 2.74 bits per heavy atom. The van der Waals surface area contributed by atoms with E-state index in [1.165, 1.54) is 6.07 Å². The maximum absolute atomic E-state index is 13.6. The van der Waals surface area contributed by atoms with E-state index in [4.69, 9.17) is 0 Å². The van der Waals surface area contributed by atoms with Gasteiger partial charge in [0.05, 0.1) is 12.4 Å². The molecule has 0 spiro atoms. The first-order valence-corrected chi connectivity index (χ1v) is 7.18. The van der Waals surface area contributed by atoms with Crippen LogP contribution in [-0.4, -0.2) is 36.1 Å². The van der Waals surface area contributed by atoms with Gasteiger partial charge < -0.3 is 15.5 Å². The molecule has 2 aromatic rings. The van der Waals surface area contributed by atoms with Gasteiger partial charge in [-0.15, -0.1) is 12.4 Å². The third-order valence-corrected chi connectivity index (χ3v) is 3.53. The van der Waals surface area contributed by atoms with E-state index < -0.39 is 11.6 Å². The summed E-state index contributed by atoms with van der Waals surface area (Å²) in [7, 11) is 0. The van der Waals surface area contributed by atoms with Crippen molar-refractivity contribution in [2.24, 2.45) is 0 Å². The van der Waals surface area contributed by atoms with Crippen LogP contribution in [0.1, 0.15) is 5.56 Å². The van der Waals surface area contributed by atoms with E-state index in [2.05, 4.69) is 25.5 Å². The van der Waals surface area contributed by atoms with E-state index in [0.717, 1.165) is 44.1 Å². The molecule has 1 aliphatic rings. The van der Waals surface area contributed by atoms with Crippen molar-refractivity contribution in [3.63, 3.8) is 0 Å². The van der Waals surface area contributed by atoms with Crippen LogP contribution in [-0.2, 0) is 6.54 Å². The average molecular weight is 342 g/mol. The number of benzene rings is 1. The molecule has 1 fully saturated rings. The molecule has 23 heavy (non-hydrogen) atoms. The zero-order valence-electron chi connectivity index (χ0n) is 12.4. The maximum Gasteiger partial charge on any atom is 0.149 e. The van der Waals surface area contributed by atoms with Gasteiger partial charge in [0, 0.05) is 38.3 Å². The van der Waals surface area contributed by atoms with Crippen molar-refractivity contribution in [1.29, 1.82) is 0 Å². The lowest BCUT2D eigenvalue weighted by Crippen LogP contribution is -2.44. The SMILES string of the molecule is Cl.Fc1ccc(F)c(CNc2cncc(N3CCNCC3)n2)c1. The molecule has 3 rings (SSSR count). The highest BCUT2D eigenvalue weighted by atomic mass is 35.5. The predicted molar refractivity (Wildman–Crippen MR) is 88.0 cm³/mol. The summed E-state index contributed by atoms with van der Waals surface area (Å²) in [5, 5.41) is 6.26. The van der Waals surface area contributed by atoms with Crippen molar-refractivity contribution in [2.75, 3.05) is 36.4 Å². The lowest BCUT2D eigenvalue weighted by Gasteiger charge is -2.28.